The summed E-state index contributed by atoms with van der Waals surface area (Å²) >= 11 is 0. The maximum atomic E-state index is 11.4. The minimum Gasteiger partial charge on any atom is -0.490 e. The molecule has 4 rings (SSSR count). The van der Waals surface area contributed by atoms with Gasteiger partial charge in [-0.05, 0) is 70.8 Å². The molecule has 0 heterocycles. The second-order valence-corrected chi connectivity index (χ2v) is 12.1. The summed E-state index contributed by atoms with van der Waals surface area (Å²) in [5, 5.41) is 0. The zero-order valence-corrected chi connectivity index (χ0v) is 32.1. The van der Waals surface area contributed by atoms with Gasteiger partial charge in [0.25, 0.3) is 0 Å². The van der Waals surface area contributed by atoms with Crippen molar-refractivity contribution in [1.29, 1.82) is 0 Å². The van der Waals surface area contributed by atoms with Crippen LogP contribution in [0, 0.1) is 0 Å². The predicted octanol–water partition coefficient (Wildman–Crippen LogP) is 7.08. The normalized spacial score (nSPS) is 10.4. The highest BCUT2D eigenvalue weighted by Crippen LogP contribution is 2.44. The van der Waals surface area contributed by atoms with Gasteiger partial charge in [-0.1, -0.05) is 74.8 Å². The van der Waals surface area contributed by atoms with Crippen molar-refractivity contribution < 1.29 is 57.1 Å². The fraction of sp³-hybridized carbons (Fsp3) is 0.217. The Kier molecular flexibility index (Phi) is 17.9. The van der Waals surface area contributed by atoms with Gasteiger partial charge in [0.05, 0.1) is 0 Å². The first-order chi connectivity index (χ1) is 28.2. The van der Waals surface area contributed by atoms with Crippen LogP contribution in [0.4, 0.5) is 0 Å². The Morgan fingerprint density at radius 1 is 0.345 bits per heavy atom. The maximum Gasteiger partial charge on any atom is 0.330 e. The molecular weight excluding hydrogens is 744 g/mol. The molecule has 0 radical (unpaired) electrons. The van der Waals surface area contributed by atoms with Crippen molar-refractivity contribution in [3.63, 3.8) is 0 Å². The molecule has 4 aromatic rings. The molecule has 4 aromatic carbocycles. The SMILES string of the molecule is C=CC(=O)OCCOc1ccc(C(c2ccc(OCCOC(=O)C=C)cc2)C(c2ccc(OCCOC(=O)C=C)cc2)c2ccc(OCCOC(=O)C=C)cc2)cc1. The molecule has 0 saturated carbocycles. The van der Waals surface area contributed by atoms with Crippen LogP contribution in [0.5, 0.6) is 23.0 Å². The molecule has 0 spiro atoms. The zero-order chi connectivity index (χ0) is 41.5. The monoisotopic (exact) mass is 790 g/mol. The van der Waals surface area contributed by atoms with Crippen LogP contribution < -0.4 is 18.9 Å². The van der Waals surface area contributed by atoms with Crippen LogP contribution in [-0.2, 0) is 38.1 Å². The van der Waals surface area contributed by atoms with E-state index in [1.165, 1.54) is 0 Å². The van der Waals surface area contributed by atoms with Crippen LogP contribution in [0.25, 0.3) is 0 Å². The number of rotatable bonds is 25. The molecule has 0 N–H and O–H groups in total. The number of carbonyl (C=O) groups excluding carboxylic acids is 4. The van der Waals surface area contributed by atoms with Gasteiger partial charge in [-0.2, -0.15) is 0 Å². The second kappa shape index (κ2) is 23.8. The van der Waals surface area contributed by atoms with Gasteiger partial charge in [0, 0.05) is 36.1 Å². The minimum absolute atomic E-state index is 0.0712. The van der Waals surface area contributed by atoms with Crippen molar-refractivity contribution in [2.24, 2.45) is 0 Å². The summed E-state index contributed by atoms with van der Waals surface area (Å²) in [4.78, 5) is 45.8. The predicted molar refractivity (Wildman–Crippen MR) is 216 cm³/mol. The molecule has 0 unspecified atom stereocenters. The molecule has 12 nitrogen and oxygen atoms in total. The van der Waals surface area contributed by atoms with Crippen LogP contribution in [0.3, 0.4) is 0 Å². The van der Waals surface area contributed by atoms with Gasteiger partial charge in [-0.25, -0.2) is 19.2 Å². The van der Waals surface area contributed by atoms with Crippen LogP contribution in [0.1, 0.15) is 34.1 Å². The van der Waals surface area contributed by atoms with E-state index in [1.807, 2.05) is 97.1 Å². The fourth-order valence-corrected chi connectivity index (χ4v) is 5.68. The molecule has 302 valence electrons. The third kappa shape index (κ3) is 14.2. The third-order valence-corrected chi connectivity index (χ3v) is 8.34. The van der Waals surface area contributed by atoms with Crippen molar-refractivity contribution in [2.45, 2.75) is 11.8 Å². The van der Waals surface area contributed by atoms with Crippen molar-refractivity contribution in [3.05, 3.63) is 170 Å². The van der Waals surface area contributed by atoms with E-state index in [4.69, 9.17) is 37.9 Å². The summed E-state index contributed by atoms with van der Waals surface area (Å²) in [5.41, 5.74) is 3.87. The van der Waals surface area contributed by atoms with E-state index in [2.05, 4.69) is 26.3 Å². The van der Waals surface area contributed by atoms with Crippen molar-refractivity contribution in [1.82, 2.24) is 0 Å². The quantitative estimate of drug-likeness (QED) is 0.0293. The van der Waals surface area contributed by atoms with E-state index in [1.54, 1.807) is 0 Å². The number of carbonyl (C=O) groups is 4. The topological polar surface area (TPSA) is 142 Å². The standard InChI is InChI=1S/C46H46O12/c1-5-41(47)55-29-25-51-37-17-9-33(10-18-37)45(34-11-19-38(20-12-34)52-26-30-56-42(48)6-2)46(35-13-21-39(22-14-35)53-27-31-57-43(49)7-3)36-15-23-40(24-16-36)54-28-32-58-44(50)8-4/h5-24,45-46H,1-4,25-32H2. The van der Waals surface area contributed by atoms with E-state index < -0.39 is 23.9 Å². The summed E-state index contributed by atoms with van der Waals surface area (Å²) in [6.45, 7) is 14.5. The summed E-state index contributed by atoms with van der Waals surface area (Å²) in [7, 11) is 0. The lowest BCUT2D eigenvalue weighted by Crippen LogP contribution is -2.16. The molecule has 0 fully saturated rings. The van der Waals surface area contributed by atoms with Gasteiger partial charge in [-0.15, -0.1) is 0 Å². The van der Waals surface area contributed by atoms with Crippen LogP contribution in [0.2, 0.25) is 0 Å². The first-order valence-corrected chi connectivity index (χ1v) is 18.3. The highest BCUT2D eigenvalue weighted by Gasteiger charge is 2.29. The average molecular weight is 791 g/mol. The summed E-state index contributed by atoms with van der Waals surface area (Å²) in [5.74, 6) is -0.258. The van der Waals surface area contributed by atoms with Crippen molar-refractivity contribution in [2.75, 3.05) is 52.9 Å². The molecule has 0 aliphatic heterocycles. The summed E-state index contributed by atoms with van der Waals surface area (Å²) < 4.78 is 43.5. The minimum atomic E-state index is -0.525. The molecule has 0 atom stereocenters. The first-order valence-electron chi connectivity index (χ1n) is 18.3. The number of esters is 4. The van der Waals surface area contributed by atoms with Gasteiger partial charge < -0.3 is 37.9 Å². The highest BCUT2D eigenvalue weighted by molar-refractivity contribution is 5.82. The highest BCUT2D eigenvalue weighted by atomic mass is 16.6. The molecule has 0 amide bonds. The number of benzene rings is 4. The number of hydrogen-bond donors (Lipinski definition) is 0. The molecule has 0 aromatic heterocycles. The molecular formula is C46H46O12. The third-order valence-electron chi connectivity index (χ3n) is 8.34. The maximum absolute atomic E-state index is 11.4. The lowest BCUT2D eigenvalue weighted by atomic mass is 9.73. The zero-order valence-electron chi connectivity index (χ0n) is 32.1. The first kappa shape index (κ1) is 43.6. The number of hydrogen-bond acceptors (Lipinski definition) is 12. The Balaban J connectivity index is 1.68. The van der Waals surface area contributed by atoms with E-state index in [0.29, 0.717) is 23.0 Å². The van der Waals surface area contributed by atoms with Crippen molar-refractivity contribution >= 4 is 23.9 Å². The second-order valence-electron chi connectivity index (χ2n) is 12.1. The number of ether oxygens (including phenoxy) is 8. The Morgan fingerprint density at radius 3 is 0.707 bits per heavy atom. The average Bonchev–Trinajstić information content (AvgIpc) is 3.26. The summed E-state index contributed by atoms with van der Waals surface area (Å²) in [6.07, 6.45) is 4.39. The Bertz CT molecular complexity index is 1680. The van der Waals surface area contributed by atoms with Gasteiger partial charge in [0.15, 0.2) is 0 Å². The molecule has 0 saturated heterocycles. The Labute approximate surface area is 337 Å². The van der Waals surface area contributed by atoms with Crippen LogP contribution in [-0.4, -0.2) is 76.7 Å². The fourth-order valence-electron chi connectivity index (χ4n) is 5.68. The van der Waals surface area contributed by atoms with E-state index in [9.17, 15) is 19.2 Å². The summed E-state index contributed by atoms with van der Waals surface area (Å²) in [6, 6.07) is 30.8. The molecule has 0 aliphatic carbocycles. The lowest BCUT2D eigenvalue weighted by molar-refractivity contribution is -0.139. The van der Waals surface area contributed by atoms with Gasteiger partial charge >= 0.3 is 23.9 Å². The Morgan fingerprint density at radius 2 is 0.534 bits per heavy atom. The Hall–Kier alpha value is -7.08. The van der Waals surface area contributed by atoms with Crippen molar-refractivity contribution in [3.8, 4) is 23.0 Å². The van der Waals surface area contributed by atoms with E-state index in [-0.39, 0.29) is 64.7 Å². The van der Waals surface area contributed by atoms with E-state index >= 15 is 0 Å². The molecule has 12 heteroatoms. The van der Waals surface area contributed by atoms with Gasteiger partial charge in [0.1, 0.15) is 75.9 Å². The largest absolute Gasteiger partial charge is 0.490 e. The molecule has 0 bridgehead atoms. The molecule has 0 aliphatic rings. The van der Waals surface area contributed by atoms with Gasteiger partial charge in [-0.3, -0.25) is 0 Å². The smallest absolute Gasteiger partial charge is 0.330 e. The van der Waals surface area contributed by atoms with Crippen LogP contribution in [0.15, 0.2) is 148 Å². The van der Waals surface area contributed by atoms with E-state index in [0.717, 1.165) is 46.6 Å². The lowest BCUT2D eigenvalue weighted by Gasteiger charge is -2.30. The van der Waals surface area contributed by atoms with Crippen LogP contribution >= 0.6 is 0 Å². The molecule has 58 heavy (non-hydrogen) atoms. The van der Waals surface area contributed by atoms with Gasteiger partial charge in [0.2, 0.25) is 0 Å².